The van der Waals surface area contributed by atoms with Crippen LogP contribution < -0.4 is 5.32 Å². The van der Waals surface area contributed by atoms with Crippen molar-refractivity contribution in [3.8, 4) is 0 Å². The molecule has 1 heterocycles. The van der Waals surface area contributed by atoms with Gasteiger partial charge in [-0.05, 0) is 24.5 Å². The molecule has 114 valence electrons. The van der Waals surface area contributed by atoms with E-state index in [9.17, 15) is 4.79 Å². The number of ether oxygens (including phenoxy) is 2. The highest BCUT2D eigenvalue weighted by Crippen LogP contribution is 2.35. The number of nitrogens with one attached hydrogen (secondary N) is 1. The van der Waals surface area contributed by atoms with Crippen molar-refractivity contribution in [1.29, 1.82) is 0 Å². The predicted octanol–water partition coefficient (Wildman–Crippen LogP) is 2.68. The first-order valence-electron chi connectivity index (χ1n) is 7.48. The van der Waals surface area contributed by atoms with E-state index in [1.165, 1.54) is 0 Å². The third-order valence-corrected chi connectivity index (χ3v) is 4.60. The van der Waals surface area contributed by atoms with Crippen LogP contribution in [0.4, 0.5) is 0 Å². The van der Waals surface area contributed by atoms with Gasteiger partial charge in [-0.15, -0.1) is 0 Å². The van der Waals surface area contributed by atoms with E-state index in [4.69, 9.17) is 21.1 Å². The molecular weight excluding hydrogens is 290 g/mol. The Bertz CT molecular complexity index is 504. The fourth-order valence-electron chi connectivity index (χ4n) is 3.08. The first kappa shape index (κ1) is 14.8. The van der Waals surface area contributed by atoms with E-state index in [1.807, 2.05) is 24.3 Å². The number of hydrogen-bond acceptors (Lipinski definition) is 3. The van der Waals surface area contributed by atoms with Crippen LogP contribution in [-0.4, -0.2) is 30.9 Å². The molecule has 0 atom stereocenters. The highest BCUT2D eigenvalue weighted by Gasteiger charge is 2.40. The second-order valence-corrected chi connectivity index (χ2v) is 6.12. The highest BCUT2D eigenvalue weighted by molar-refractivity contribution is 6.31. The van der Waals surface area contributed by atoms with Crippen molar-refractivity contribution >= 4 is 17.5 Å². The van der Waals surface area contributed by atoms with Crippen LogP contribution in [0.5, 0.6) is 0 Å². The molecule has 5 heteroatoms. The van der Waals surface area contributed by atoms with E-state index in [0.29, 0.717) is 24.7 Å². The van der Waals surface area contributed by atoms with Crippen LogP contribution in [0.2, 0.25) is 5.02 Å². The van der Waals surface area contributed by atoms with Gasteiger partial charge in [-0.25, -0.2) is 0 Å². The minimum absolute atomic E-state index is 0.0253. The number of carbonyl (C=O) groups is 1. The topological polar surface area (TPSA) is 47.6 Å². The third-order valence-electron chi connectivity index (χ3n) is 4.23. The Morgan fingerprint density at radius 2 is 1.90 bits per heavy atom. The first-order chi connectivity index (χ1) is 10.2. The largest absolute Gasteiger partial charge is 0.353 e. The number of halogens is 1. The van der Waals surface area contributed by atoms with Crippen LogP contribution in [-0.2, 0) is 20.7 Å². The quantitative estimate of drug-likeness (QED) is 0.934. The Morgan fingerprint density at radius 1 is 1.24 bits per heavy atom. The maximum Gasteiger partial charge on any atom is 0.224 e. The number of rotatable bonds is 3. The van der Waals surface area contributed by atoms with Crippen LogP contribution in [0.3, 0.4) is 0 Å². The van der Waals surface area contributed by atoms with Crippen LogP contribution in [0.1, 0.15) is 31.2 Å². The Labute approximate surface area is 129 Å². The molecule has 0 aromatic heterocycles. The molecule has 1 aliphatic heterocycles. The fourth-order valence-corrected chi connectivity index (χ4v) is 3.28. The molecule has 1 spiro atoms. The Morgan fingerprint density at radius 3 is 2.57 bits per heavy atom. The molecule has 1 aliphatic carbocycles. The van der Waals surface area contributed by atoms with E-state index < -0.39 is 0 Å². The van der Waals surface area contributed by atoms with Crippen molar-refractivity contribution in [2.24, 2.45) is 0 Å². The lowest BCUT2D eigenvalue weighted by atomic mass is 9.90. The zero-order valence-electron chi connectivity index (χ0n) is 11.9. The number of benzene rings is 1. The summed E-state index contributed by atoms with van der Waals surface area (Å²) in [4.78, 5) is 12.1. The molecule has 1 N–H and O–H groups in total. The molecule has 2 fully saturated rings. The molecule has 21 heavy (non-hydrogen) atoms. The molecular formula is C16H20ClNO3. The minimum Gasteiger partial charge on any atom is -0.353 e. The average molecular weight is 310 g/mol. The molecule has 3 rings (SSSR count). The molecule has 1 saturated carbocycles. The monoisotopic (exact) mass is 309 g/mol. The molecule has 0 radical (unpaired) electrons. The second kappa shape index (κ2) is 6.34. The zero-order valence-corrected chi connectivity index (χ0v) is 12.7. The SMILES string of the molecule is O=C(Cc1ccccc1Cl)NC1CCC2(CC1)OCCO2. The standard InChI is InChI=1S/C16H20ClNO3/c17-14-4-2-1-3-12(14)11-15(19)18-13-5-7-16(8-6-13)20-9-10-21-16/h1-4,13H,5-11H2,(H,18,19). The molecule has 1 saturated heterocycles. The summed E-state index contributed by atoms with van der Waals surface area (Å²) >= 11 is 6.08. The van der Waals surface area contributed by atoms with Gasteiger partial charge in [-0.3, -0.25) is 4.79 Å². The van der Waals surface area contributed by atoms with Crippen LogP contribution in [0.25, 0.3) is 0 Å². The molecule has 1 aromatic carbocycles. The summed E-state index contributed by atoms with van der Waals surface area (Å²) in [6, 6.07) is 7.67. The summed E-state index contributed by atoms with van der Waals surface area (Å²) in [5.74, 6) is -0.346. The minimum atomic E-state index is -0.371. The van der Waals surface area contributed by atoms with Gasteiger partial charge in [0.05, 0.1) is 19.6 Å². The lowest BCUT2D eigenvalue weighted by molar-refractivity contribution is -0.180. The van der Waals surface area contributed by atoms with Gasteiger partial charge >= 0.3 is 0 Å². The van der Waals surface area contributed by atoms with Crippen molar-refractivity contribution in [1.82, 2.24) is 5.32 Å². The molecule has 2 aliphatic rings. The van der Waals surface area contributed by atoms with Crippen molar-refractivity contribution in [3.05, 3.63) is 34.9 Å². The van der Waals surface area contributed by atoms with Gasteiger partial charge in [0.2, 0.25) is 5.91 Å². The van der Waals surface area contributed by atoms with E-state index >= 15 is 0 Å². The number of carbonyl (C=O) groups excluding carboxylic acids is 1. The second-order valence-electron chi connectivity index (χ2n) is 5.72. The Balaban J connectivity index is 1.49. The van der Waals surface area contributed by atoms with E-state index in [-0.39, 0.29) is 17.7 Å². The maximum absolute atomic E-state index is 12.1. The molecule has 0 bridgehead atoms. The van der Waals surface area contributed by atoms with Crippen LogP contribution in [0, 0.1) is 0 Å². The van der Waals surface area contributed by atoms with Gasteiger partial charge in [-0.1, -0.05) is 29.8 Å². The van der Waals surface area contributed by atoms with Crippen LogP contribution >= 0.6 is 11.6 Å². The smallest absolute Gasteiger partial charge is 0.224 e. The van der Waals surface area contributed by atoms with Crippen molar-refractivity contribution in [3.63, 3.8) is 0 Å². The van der Waals surface area contributed by atoms with Gasteiger partial charge < -0.3 is 14.8 Å². The third kappa shape index (κ3) is 3.57. The lowest BCUT2D eigenvalue weighted by Crippen LogP contribution is -2.44. The number of hydrogen-bond donors (Lipinski definition) is 1. The van der Waals surface area contributed by atoms with Crippen LogP contribution in [0.15, 0.2) is 24.3 Å². The summed E-state index contributed by atoms with van der Waals surface area (Å²) < 4.78 is 11.4. The summed E-state index contributed by atoms with van der Waals surface area (Å²) in [5, 5.41) is 3.73. The molecule has 4 nitrogen and oxygen atoms in total. The van der Waals surface area contributed by atoms with E-state index in [1.54, 1.807) is 0 Å². The molecule has 1 aromatic rings. The fraction of sp³-hybridized carbons (Fsp3) is 0.562. The van der Waals surface area contributed by atoms with Gasteiger partial charge in [0.15, 0.2) is 5.79 Å². The maximum atomic E-state index is 12.1. The Kier molecular flexibility index (Phi) is 4.48. The van der Waals surface area contributed by atoms with E-state index in [0.717, 1.165) is 31.2 Å². The zero-order chi connectivity index (χ0) is 14.7. The highest BCUT2D eigenvalue weighted by atomic mass is 35.5. The van der Waals surface area contributed by atoms with Crippen molar-refractivity contribution in [2.75, 3.05) is 13.2 Å². The van der Waals surface area contributed by atoms with E-state index in [2.05, 4.69) is 5.32 Å². The lowest BCUT2D eigenvalue weighted by Gasteiger charge is -2.35. The number of amides is 1. The first-order valence-corrected chi connectivity index (χ1v) is 7.85. The van der Waals surface area contributed by atoms with Gasteiger partial charge in [0, 0.05) is 23.9 Å². The normalized spacial score (nSPS) is 21.6. The predicted molar refractivity (Wildman–Crippen MR) is 80.2 cm³/mol. The van der Waals surface area contributed by atoms with Crippen molar-refractivity contribution < 1.29 is 14.3 Å². The summed E-state index contributed by atoms with van der Waals surface area (Å²) in [6.45, 7) is 1.37. The van der Waals surface area contributed by atoms with Crippen molar-refractivity contribution in [2.45, 2.75) is 43.9 Å². The molecule has 1 amide bonds. The van der Waals surface area contributed by atoms with Gasteiger partial charge in [-0.2, -0.15) is 0 Å². The summed E-state index contributed by atoms with van der Waals surface area (Å²) in [6.07, 6.45) is 3.82. The summed E-state index contributed by atoms with van der Waals surface area (Å²) in [7, 11) is 0. The van der Waals surface area contributed by atoms with Gasteiger partial charge in [0.25, 0.3) is 0 Å². The Hall–Kier alpha value is -1.10. The average Bonchev–Trinajstić information content (AvgIpc) is 2.93. The molecule has 0 unspecified atom stereocenters. The van der Waals surface area contributed by atoms with Gasteiger partial charge in [0.1, 0.15) is 0 Å². The summed E-state index contributed by atoms with van der Waals surface area (Å²) in [5.41, 5.74) is 0.867.